The summed E-state index contributed by atoms with van der Waals surface area (Å²) in [7, 11) is 1.49. The zero-order valence-electron chi connectivity index (χ0n) is 18.9. The highest BCUT2D eigenvalue weighted by Crippen LogP contribution is 2.26. The third kappa shape index (κ3) is 4.63. The van der Waals surface area contributed by atoms with Crippen molar-refractivity contribution in [3.8, 4) is 22.8 Å². The number of carbonyl (C=O) groups excluding carboxylic acids is 1. The fraction of sp³-hybridized carbons (Fsp3) is 0.280. The lowest BCUT2D eigenvalue weighted by Gasteiger charge is -2.14. The summed E-state index contributed by atoms with van der Waals surface area (Å²) in [5, 5.41) is 7.05. The number of fused-ring (bicyclic) bond motifs is 1. The predicted molar refractivity (Wildman–Crippen MR) is 128 cm³/mol. The molecule has 0 saturated heterocycles. The van der Waals surface area contributed by atoms with Crippen molar-refractivity contribution >= 4 is 17.5 Å². The van der Waals surface area contributed by atoms with Gasteiger partial charge in [0.25, 0.3) is 5.91 Å². The second kappa shape index (κ2) is 9.38. The van der Waals surface area contributed by atoms with E-state index in [-0.39, 0.29) is 23.8 Å². The number of aromatic nitrogens is 4. The van der Waals surface area contributed by atoms with E-state index in [9.17, 15) is 4.79 Å². The Kier molecular flexibility index (Phi) is 5.99. The van der Waals surface area contributed by atoms with Crippen LogP contribution in [-0.2, 0) is 6.54 Å². The number of hydrogen-bond donors (Lipinski definition) is 2. The van der Waals surface area contributed by atoms with Crippen LogP contribution in [0.5, 0.6) is 11.6 Å². The number of hydrogen-bond acceptors (Lipinski definition) is 7. The van der Waals surface area contributed by atoms with E-state index in [1.165, 1.54) is 20.0 Å². The van der Waals surface area contributed by atoms with E-state index < -0.39 is 0 Å². The third-order valence-corrected chi connectivity index (χ3v) is 5.93. The van der Waals surface area contributed by atoms with Gasteiger partial charge in [-0.15, -0.1) is 5.10 Å². The van der Waals surface area contributed by atoms with Gasteiger partial charge >= 0.3 is 0 Å². The van der Waals surface area contributed by atoms with Gasteiger partial charge in [0.2, 0.25) is 11.8 Å². The Morgan fingerprint density at radius 3 is 2.85 bits per heavy atom. The SMILES string of the molecule is COc1ncc(-c2ccn3nc(N)nc3c2)cc1C(=O)NCc1cccc(OC2CCCC2)c1. The van der Waals surface area contributed by atoms with Gasteiger partial charge in [-0.1, -0.05) is 12.1 Å². The molecule has 0 unspecified atom stereocenters. The monoisotopic (exact) mass is 458 g/mol. The highest BCUT2D eigenvalue weighted by atomic mass is 16.5. The second-order valence-corrected chi connectivity index (χ2v) is 8.32. The molecule has 1 aromatic carbocycles. The topological polar surface area (TPSA) is 117 Å². The molecule has 0 aliphatic heterocycles. The van der Waals surface area contributed by atoms with Gasteiger partial charge in [0.05, 0.1) is 13.2 Å². The van der Waals surface area contributed by atoms with E-state index >= 15 is 0 Å². The van der Waals surface area contributed by atoms with E-state index in [1.54, 1.807) is 23.0 Å². The predicted octanol–water partition coefficient (Wildman–Crippen LogP) is 3.63. The van der Waals surface area contributed by atoms with Gasteiger partial charge in [0.15, 0.2) is 5.65 Å². The van der Waals surface area contributed by atoms with Crippen molar-refractivity contribution in [3.05, 3.63) is 66.0 Å². The largest absolute Gasteiger partial charge is 0.490 e. The lowest BCUT2D eigenvalue weighted by Crippen LogP contribution is -2.23. The number of nitrogen functional groups attached to an aromatic ring is 1. The zero-order chi connectivity index (χ0) is 23.5. The maximum atomic E-state index is 13.1. The molecule has 174 valence electrons. The van der Waals surface area contributed by atoms with Crippen LogP contribution in [0.15, 0.2) is 54.9 Å². The zero-order valence-corrected chi connectivity index (χ0v) is 18.9. The van der Waals surface area contributed by atoms with Gasteiger partial charge in [-0.05, 0) is 67.1 Å². The van der Waals surface area contributed by atoms with Crippen molar-refractivity contribution < 1.29 is 14.3 Å². The van der Waals surface area contributed by atoms with Crippen molar-refractivity contribution in [1.29, 1.82) is 0 Å². The maximum absolute atomic E-state index is 13.1. The van der Waals surface area contributed by atoms with E-state index in [4.69, 9.17) is 15.2 Å². The molecule has 1 aliphatic carbocycles. The van der Waals surface area contributed by atoms with Gasteiger partial charge in [-0.3, -0.25) is 4.79 Å². The Morgan fingerprint density at radius 1 is 1.18 bits per heavy atom. The first-order valence-corrected chi connectivity index (χ1v) is 11.3. The van der Waals surface area contributed by atoms with Gasteiger partial charge in [0.1, 0.15) is 11.3 Å². The molecule has 1 saturated carbocycles. The van der Waals surface area contributed by atoms with Crippen molar-refractivity contribution in [1.82, 2.24) is 24.9 Å². The number of nitrogens with two attached hydrogens (primary N) is 1. The molecule has 0 radical (unpaired) electrons. The Morgan fingerprint density at radius 2 is 2.03 bits per heavy atom. The summed E-state index contributed by atoms with van der Waals surface area (Å²) in [5.74, 6) is 1.01. The quantitative estimate of drug-likeness (QED) is 0.434. The highest BCUT2D eigenvalue weighted by molar-refractivity contribution is 5.97. The van der Waals surface area contributed by atoms with Crippen molar-refractivity contribution in [2.75, 3.05) is 12.8 Å². The summed E-state index contributed by atoms with van der Waals surface area (Å²) < 4.78 is 13.0. The number of anilines is 1. The van der Waals surface area contributed by atoms with Gasteiger partial charge in [-0.25, -0.2) is 9.50 Å². The first-order chi connectivity index (χ1) is 16.6. The number of pyridine rings is 2. The first kappa shape index (κ1) is 21.7. The molecule has 1 aliphatic rings. The van der Waals surface area contributed by atoms with Crippen molar-refractivity contribution in [2.45, 2.75) is 38.3 Å². The third-order valence-electron chi connectivity index (χ3n) is 5.93. The average molecular weight is 459 g/mol. The van der Waals surface area contributed by atoms with Crippen LogP contribution in [0, 0.1) is 0 Å². The Labute approximate surface area is 196 Å². The molecule has 9 heteroatoms. The molecule has 0 spiro atoms. The van der Waals surface area contributed by atoms with Crippen LogP contribution >= 0.6 is 0 Å². The summed E-state index contributed by atoms with van der Waals surface area (Å²) in [4.78, 5) is 21.6. The summed E-state index contributed by atoms with van der Waals surface area (Å²) in [6.45, 7) is 0.360. The van der Waals surface area contributed by atoms with Crippen molar-refractivity contribution in [3.63, 3.8) is 0 Å². The molecule has 5 rings (SSSR count). The molecule has 3 heterocycles. The highest BCUT2D eigenvalue weighted by Gasteiger charge is 2.18. The number of nitrogens with zero attached hydrogens (tertiary/aromatic N) is 4. The standard InChI is InChI=1S/C25H26N6O3/c1-33-24-21(12-18(15-28-24)17-9-10-31-22(13-17)29-25(26)30-31)23(32)27-14-16-5-4-8-20(11-16)34-19-6-2-3-7-19/h4-5,8-13,15,19H,2-3,6-7,14H2,1H3,(H2,26,30)(H,27,32). The molecular formula is C25H26N6O3. The Hall–Kier alpha value is -4.14. The number of ether oxygens (including phenoxy) is 2. The average Bonchev–Trinajstić information content (AvgIpc) is 3.50. The van der Waals surface area contributed by atoms with Crippen LogP contribution in [0.25, 0.3) is 16.8 Å². The van der Waals surface area contributed by atoms with Gasteiger partial charge < -0.3 is 20.5 Å². The minimum Gasteiger partial charge on any atom is -0.490 e. The van der Waals surface area contributed by atoms with Crippen LogP contribution in [0.4, 0.5) is 5.95 Å². The maximum Gasteiger partial charge on any atom is 0.257 e. The Balaban J connectivity index is 1.32. The summed E-state index contributed by atoms with van der Waals surface area (Å²) in [5.41, 5.74) is 9.18. The first-order valence-electron chi connectivity index (χ1n) is 11.3. The molecule has 1 amide bonds. The number of benzene rings is 1. The van der Waals surface area contributed by atoms with E-state index in [0.717, 1.165) is 35.3 Å². The number of carbonyl (C=O) groups is 1. The van der Waals surface area contributed by atoms with Crippen LogP contribution in [0.3, 0.4) is 0 Å². The lowest BCUT2D eigenvalue weighted by molar-refractivity contribution is 0.0947. The van der Waals surface area contributed by atoms with Crippen molar-refractivity contribution in [2.24, 2.45) is 0 Å². The fourth-order valence-corrected chi connectivity index (χ4v) is 4.22. The normalized spacial score (nSPS) is 13.8. The molecule has 0 bridgehead atoms. The minimum absolute atomic E-state index is 0.197. The molecule has 0 atom stereocenters. The second-order valence-electron chi connectivity index (χ2n) is 8.32. The van der Waals surface area contributed by atoms with Gasteiger partial charge in [-0.2, -0.15) is 4.98 Å². The van der Waals surface area contributed by atoms with E-state index in [1.807, 2.05) is 36.4 Å². The van der Waals surface area contributed by atoms with Gasteiger partial charge in [0, 0.05) is 24.5 Å². The number of methoxy groups -OCH3 is 1. The van der Waals surface area contributed by atoms with E-state index in [0.29, 0.717) is 17.8 Å². The fourth-order valence-electron chi connectivity index (χ4n) is 4.22. The number of amides is 1. The van der Waals surface area contributed by atoms with Crippen LogP contribution in [-0.4, -0.2) is 38.7 Å². The van der Waals surface area contributed by atoms with Crippen LogP contribution in [0.2, 0.25) is 0 Å². The summed E-state index contributed by atoms with van der Waals surface area (Å²) in [6, 6.07) is 13.3. The van der Waals surface area contributed by atoms with Crippen LogP contribution in [0.1, 0.15) is 41.6 Å². The molecule has 9 nitrogen and oxygen atoms in total. The smallest absolute Gasteiger partial charge is 0.257 e. The number of rotatable bonds is 7. The van der Waals surface area contributed by atoms with E-state index in [2.05, 4.69) is 20.4 Å². The Bertz CT molecular complexity index is 1330. The molecule has 3 aromatic heterocycles. The molecule has 34 heavy (non-hydrogen) atoms. The molecular weight excluding hydrogens is 432 g/mol. The minimum atomic E-state index is -0.277. The lowest BCUT2D eigenvalue weighted by atomic mass is 10.1. The molecule has 4 aromatic rings. The summed E-state index contributed by atoms with van der Waals surface area (Å²) in [6.07, 6.45) is 8.34. The molecule has 3 N–H and O–H groups in total. The molecule has 1 fully saturated rings. The van der Waals surface area contributed by atoms with Crippen LogP contribution < -0.4 is 20.5 Å². The summed E-state index contributed by atoms with van der Waals surface area (Å²) >= 11 is 0. The number of nitrogens with one attached hydrogen (secondary N) is 1.